The largest absolute Gasteiger partial charge is 0.345 e. The second kappa shape index (κ2) is 7.36. The number of aromatic nitrogens is 3. The third-order valence-electron chi connectivity index (χ3n) is 4.30. The maximum atomic E-state index is 12.4. The molecule has 8 nitrogen and oxygen atoms in total. The summed E-state index contributed by atoms with van der Waals surface area (Å²) in [4.78, 5) is 27.0. The number of aryl methyl sites for hydroxylation is 1. The van der Waals surface area contributed by atoms with Crippen LogP contribution in [0.25, 0.3) is 0 Å². The minimum atomic E-state index is -3.01. The first-order valence-electron chi connectivity index (χ1n) is 8.31. The van der Waals surface area contributed by atoms with E-state index in [1.165, 1.54) is 0 Å². The van der Waals surface area contributed by atoms with Crippen LogP contribution in [0.15, 0.2) is 30.5 Å². The van der Waals surface area contributed by atoms with Gasteiger partial charge in [-0.1, -0.05) is 6.07 Å². The Morgan fingerprint density at radius 3 is 2.81 bits per heavy atom. The Morgan fingerprint density at radius 2 is 2.15 bits per heavy atom. The van der Waals surface area contributed by atoms with Crippen molar-refractivity contribution >= 4 is 21.7 Å². The van der Waals surface area contributed by atoms with Gasteiger partial charge in [0.2, 0.25) is 5.95 Å². The molecule has 1 aliphatic rings. The van der Waals surface area contributed by atoms with E-state index in [0.717, 1.165) is 5.69 Å². The van der Waals surface area contributed by atoms with Gasteiger partial charge in [0.1, 0.15) is 5.69 Å². The van der Waals surface area contributed by atoms with Crippen LogP contribution < -0.4 is 10.2 Å². The minimum absolute atomic E-state index is 0.0853. The number of hydrogen-bond donors (Lipinski definition) is 1. The van der Waals surface area contributed by atoms with Crippen molar-refractivity contribution in [3.05, 3.63) is 47.5 Å². The molecule has 138 valence electrons. The van der Waals surface area contributed by atoms with E-state index in [1.807, 2.05) is 18.2 Å². The highest BCUT2D eigenvalue weighted by molar-refractivity contribution is 7.91. The standard InChI is InChI=1S/C17H21N5O3S/c1-12-9-15(16(23)19-10-13-5-3-4-7-18-13)21-17(20-12)22(2)14-6-8-26(24,25)11-14/h3-5,7,9,14H,6,8,10-11H2,1-2H3,(H,19,23). The monoisotopic (exact) mass is 375 g/mol. The molecule has 3 heterocycles. The van der Waals surface area contributed by atoms with Gasteiger partial charge in [-0.05, 0) is 31.5 Å². The molecule has 1 fully saturated rings. The lowest BCUT2D eigenvalue weighted by molar-refractivity contribution is 0.0945. The van der Waals surface area contributed by atoms with E-state index in [-0.39, 0.29) is 29.1 Å². The summed E-state index contributed by atoms with van der Waals surface area (Å²) < 4.78 is 23.4. The molecule has 2 aromatic heterocycles. The van der Waals surface area contributed by atoms with Crippen LogP contribution in [0.4, 0.5) is 5.95 Å². The van der Waals surface area contributed by atoms with E-state index < -0.39 is 9.84 Å². The van der Waals surface area contributed by atoms with Gasteiger partial charge in [-0.2, -0.15) is 0 Å². The molecule has 3 rings (SSSR count). The van der Waals surface area contributed by atoms with Crippen LogP contribution in [0.2, 0.25) is 0 Å². The molecule has 9 heteroatoms. The first kappa shape index (κ1) is 18.2. The predicted molar refractivity (Wildman–Crippen MR) is 97.6 cm³/mol. The number of carbonyl (C=O) groups excluding carboxylic acids is 1. The fourth-order valence-electron chi connectivity index (χ4n) is 2.84. The Kier molecular flexibility index (Phi) is 5.17. The summed E-state index contributed by atoms with van der Waals surface area (Å²) in [6, 6.07) is 6.92. The summed E-state index contributed by atoms with van der Waals surface area (Å²) in [5, 5.41) is 2.79. The van der Waals surface area contributed by atoms with E-state index in [9.17, 15) is 13.2 Å². The van der Waals surface area contributed by atoms with E-state index in [1.54, 1.807) is 31.1 Å². The van der Waals surface area contributed by atoms with Crippen LogP contribution in [0.1, 0.15) is 28.3 Å². The van der Waals surface area contributed by atoms with Crippen molar-refractivity contribution in [3.63, 3.8) is 0 Å². The molecule has 0 spiro atoms. The number of sulfone groups is 1. The van der Waals surface area contributed by atoms with Crippen molar-refractivity contribution < 1.29 is 13.2 Å². The molecule has 0 aromatic carbocycles. The van der Waals surface area contributed by atoms with Crippen LogP contribution in [-0.2, 0) is 16.4 Å². The van der Waals surface area contributed by atoms with E-state index in [2.05, 4.69) is 20.3 Å². The Morgan fingerprint density at radius 1 is 1.35 bits per heavy atom. The Balaban J connectivity index is 1.73. The molecule has 2 aromatic rings. The smallest absolute Gasteiger partial charge is 0.270 e. The van der Waals surface area contributed by atoms with E-state index >= 15 is 0 Å². The van der Waals surface area contributed by atoms with Gasteiger partial charge in [0.25, 0.3) is 5.91 Å². The number of nitrogens with one attached hydrogen (secondary N) is 1. The molecule has 0 radical (unpaired) electrons. The maximum absolute atomic E-state index is 12.4. The van der Waals surface area contributed by atoms with Gasteiger partial charge in [0.15, 0.2) is 9.84 Å². The first-order chi connectivity index (χ1) is 12.3. The van der Waals surface area contributed by atoms with Gasteiger partial charge in [-0.15, -0.1) is 0 Å². The van der Waals surface area contributed by atoms with Crippen molar-refractivity contribution in [1.82, 2.24) is 20.3 Å². The fraction of sp³-hybridized carbons (Fsp3) is 0.412. The summed E-state index contributed by atoms with van der Waals surface area (Å²) >= 11 is 0. The number of anilines is 1. The van der Waals surface area contributed by atoms with Crippen molar-refractivity contribution in [2.24, 2.45) is 0 Å². The van der Waals surface area contributed by atoms with Gasteiger partial charge in [0, 0.05) is 25.0 Å². The summed E-state index contributed by atoms with van der Waals surface area (Å²) in [6.45, 7) is 2.08. The van der Waals surface area contributed by atoms with Crippen LogP contribution in [0.5, 0.6) is 0 Å². The third-order valence-corrected chi connectivity index (χ3v) is 6.05. The molecule has 1 amide bonds. The number of pyridine rings is 1. The molecule has 1 atom stereocenters. The summed E-state index contributed by atoms with van der Waals surface area (Å²) in [7, 11) is -1.25. The van der Waals surface area contributed by atoms with Crippen molar-refractivity contribution in [2.75, 3.05) is 23.5 Å². The van der Waals surface area contributed by atoms with Gasteiger partial charge < -0.3 is 10.2 Å². The maximum Gasteiger partial charge on any atom is 0.270 e. The summed E-state index contributed by atoms with van der Waals surface area (Å²) in [5.74, 6) is 0.290. The van der Waals surface area contributed by atoms with Gasteiger partial charge in [-0.25, -0.2) is 18.4 Å². The Bertz CT molecular complexity index is 902. The topological polar surface area (TPSA) is 105 Å². The lowest BCUT2D eigenvalue weighted by Gasteiger charge is -2.23. The molecule has 1 saturated heterocycles. The van der Waals surface area contributed by atoms with Crippen LogP contribution in [0, 0.1) is 6.92 Å². The number of amides is 1. The highest BCUT2D eigenvalue weighted by atomic mass is 32.2. The quantitative estimate of drug-likeness (QED) is 0.821. The van der Waals surface area contributed by atoms with Crippen molar-refractivity contribution in [3.8, 4) is 0 Å². The van der Waals surface area contributed by atoms with Crippen LogP contribution in [0.3, 0.4) is 0 Å². The van der Waals surface area contributed by atoms with E-state index in [4.69, 9.17) is 0 Å². The van der Waals surface area contributed by atoms with Crippen molar-refractivity contribution in [2.45, 2.75) is 25.9 Å². The zero-order valence-electron chi connectivity index (χ0n) is 14.7. The zero-order chi connectivity index (χ0) is 18.7. The highest BCUT2D eigenvalue weighted by Crippen LogP contribution is 2.20. The molecule has 1 N–H and O–H groups in total. The molecule has 0 aliphatic carbocycles. The SMILES string of the molecule is Cc1cc(C(=O)NCc2ccccn2)nc(N(C)C2CCS(=O)(=O)C2)n1. The zero-order valence-corrected chi connectivity index (χ0v) is 15.5. The molecule has 0 saturated carbocycles. The average molecular weight is 375 g/mol. The predicted octanol–water partition coefficient (Wildman–Crippen LogP) is 0.733. The van der Waals surface area contributed by atoms with Crippen LogP contribution in [-0.4, -0.2) is 53.9 Å². The summed E-state index contributed by atoms with van der Waals surface area (Å²) in [5.41, 5.74) is 1.64. The number of carbonyl (C=O) groups is 1. The first-order valence-corrected chi connectivity index (χ1v) is 10.1. The number of rotatable bonds is 5. The second-order valence-corrected chi connectivity index (χ2v) is 8.59. The van der Waals surface area contributed by atoms with Gasteiger partial charge >= 0.3 is 0 Å². The minimum Gasteiger partial charge on any atom is -0.345 e. The normalized spacial score (nSPS) is 18.5. The molecule has 0 bridgehead atoms. The molecule has 26 heavy (non-hydrogen) atoms. The highest BCUT2D eigenvalue weighted by Gasteiger charge is 2.32. The fourth-order valence-corrected chi connectivity index (χ4v) is 4.61. The van der Waals surface area contributed by atoms with Gasteiger partial charge in [-0.3, -0.25) is 9.78 Å². The van der Waals surface area contributed by atoms with Crippen molar-refractivity contribution in [1.29, 1.82) is 0 Å². The lowest BCUT2D eigenvalue weighted by Crippen LogP contribution is -2.34. The Hall–Kier alpha value is -2.55. The van der Waals surface area contributed by atoms with Gasteiger partial charge in [0.05, 0.1) is 23.7 Å². The van der Waals surface area contributed by atoms with Crippen LogP contribution >= 0.6 is 0 Å². The second-order valence-electron chi connectivity index (χ2n) is 6.37. The van der Waals surface area contributed by atoms with E-state index in [0.29, 0.717) is 24.6 Å². The molecule has 1 aliphatic heterocycles. The number of nitrogens with zero attached hydrogens (tertiary/aromatic N) is 4. The molecule has 1 unspecified atom stereocenters. The molecular formula is C17H21N5O3S. The third kappa shape index (κ3) is 4.34. The lowest BCUT2D eigenvalue weighted by atomic mass is 10.2. The Labute approximate surface area is 152 Å². The summed E-state index contributed by atoms with van der Waals surface area (Å²) in [6.07, 6.45) is 2.20. The average Bonchev–Trinajstić information content (AvgIpc) is 2.99. The number of hydrogen-bond acceptors (Lipinski definition) is 7. The molecular weight excluding hydrogens is 354 g/mol.